The van der Waals surface area contributed by atoms with Crippen LogP contribution in [0.3, 0.4) is 0 Å². The van der Waals surface area contributed by atoms with Crippen molar-refractivity contribution in [1.82, 2.24) is 10.2 Å². The summed E-state index contributed by atoms with van der Waals surface area (Å²) < 4.78 is 0. The van der Waals surface area contributed by atoms with Gasteiger partial charge in [-0.25, -0.2) is 0 Å². The van der Waals surface area contributed by atoms with Crippen LogP contribution in [0.1, 0.15) is 36.8 Å². The van der Waals surface area contributed by atoms with Gasteiger partial charge in [-0.05, 0) is 37.0 Å². The highest BCUT2D eigenvalue weighted by Crippen LogP contribution is 2.25. The van der Waals surface area contributed by atoms with Gasteiger partial charge >= 0.3 is 0 Å². The van der Waals surface area contributed by atoms with E-state index < -0.39 is 5.60 Å². The van der Waals surface area contributed by atoms with Crippen LogP contribution in [0.15, 0.2) is 24.3 Å². The molecular formula is C18H23N3O3. The predicted octanol–water partition coefficient (Wildman–Crippen LogP) is 0.980. The molecule has 6 nitrogen and oxygen atoms in total. The molecule has 1 saturated heterocycles. The molecule has 6 heteroatoms. The number of piperidine rings is 1. The Bertz CT molecular complexity index is 636. The van der Waals surface area contributed by atoms with E-state index in [0.29, 0.717) is 37.8 Å². The largest absolute Gasteiger partial charge is 0.388 e. The van der Waals surface area contributed by atoms with E-state index in [9.17, 15) is 14.7 Å². The first-order valence-electron chi connectivity index (χ1n) is 8.15. The average molecular weight is 329 g/mol. The van der Waals surface area contributed by atoms with Crippen LogP contribution >= 0.6 is 0 Å². The fraction of sp³-hybridized carbons (Fsp3) is 0.500. The summed E-state index contributed by atoms with van der Waals surface area (Å²) in [4.78, 5) is 25.6. The number of hydrogen-bond acceptors (Lipinski definition) is 4. The van der Waals surface area contributed by atoms with Gasteiger partial charge in [-0.3, -0.25) is 9.59 Å². The van der Waals surface area contributed by atoms with Gasteiger partial charge in [0.25, 0.3) is 0 Å². The summed E-state index contributed by atoms with van der Waals surface area (Å²) in [5.74, 6) is -0.237. The minimum atomic E-state index is -1.14. The van der Waals surface area contributed by atoms with Crippen LogP contribution in [0.4, 0.5) is 0 Å². The van der Waals surface area contributed by atoms with Crippen LogP contribution in [0.5, 0.6) is 0 Å². The minimum Gasteiger partial charge on any atom is -0.388 e. The zero-order valence-corrected chi connectivity index (χ0v) is 13.9. The average Bonchev–Trinajstić information content (AvgIpc) is 2.59. The Morgan fingerprint density at radius 2 is 2.08 bits per heavy atom. The van der Waals surface area contributed by atoms with E-state index in [1.54, 1.807) is 17.0 Å². The van der Waals surface area contributed by atoms with E-state index in [0.717, 1.165) is 5.56 Å². The van der Waals surface area contributed by atoms with Crippen molar-refractivity contribution >= 4 is 11.8 Å². The SMILES string of the molecule is CNC(=O)CC1(O)CCCN(C(=O)CCc2ccc(C#N)cc2)C1. The number of β-amino-alcohol motifs (C(OH)–C–C–N with tert-alkyl or cyclic N) is 1. The molecule has 1 atom stereocenters. The fourth-order valence-electron chi connectivity index (χ4n) is 3.01. The summed E-state index contributed by atoms with van der Waals surface area (Å²) in [7, 11) is 1.54. The van der Waals surface area contributed by atoms with Crippen LogP contribution in [0.2, 0.25) is 0 Å². The third-order valence-electron chi connectivity index (χ3n) is 4.39. The molecule has 1 aromatic rings. The summed E-state index contributed by atoms with van der Waals surface area (Å²) in [6.07, 6.45) is 2.18. The maximum absolute atomic E-state index is 12.4. The third kappa shape index (κ3) is 4.80. The minimum absolute atomic E-state index is 0.0168. The standard InChI is InChI=1S/C18H23N3O3/c1-20-16(22)11-18(24)9-2-10-21(13-18)17(23)8-7-14-3-5-15(12-19)6-4-14/h3-6,24H,2,7-11,13H2,1H3,(H,20,22). The molecule has 128 valence electrons. The van der Waals surface area contributed by atoms with Crippen LogP contribution in [0, 0.1) is 11.3 Å². The smallest absolute Gasteiger partial charge is 0.222 e. The van der Waals surface area contributed by atoms with E-state index in [2.05, 4.69) is 11.4 Å². The summed E-state index contributed by atoms with van der Waals surface area (Å²) in [5, 5.41) is 21.8. The van der Waals surface area contributed by atoms with Crippen molar-refractivity contribution in [3.8, 4) is 6.07 Å². The number of aryl methyl sites for hydroxylation is 1. The van der Waals surface area contributed by atoms with E-state index in [1.165, 1.54) is 7.05 Å². The topological polar surface area (TPSA) is 93.4 Å². The van der Waals surface area contributed by atoms with Crippen LogP contribution in [0.25, 0.3) is 0 Å². The van der Waals surface area contributed by atoms with Gasteiger partial charge in [0.1, 0.15) is 0 Å². The molecule has 1 aliphatic rings. The van der Waals surface area contributed by atoms with E-state index in [1.807, 2.05) is 12.1 Å². The van der Waals surface area contributed by atoms with Crippen molar-refractivity contribution in [3.05, 3.63) is 35.4 Å². The molecule has 0 aromatic heterocycles. The van der Waals surface area contributed by atoms with Crippen molar-refractivity contribution in [2.24, 2.45) is 0 Å². The number of nitrogens with zero attached hydrogens (tertiary/aromatic N) is 2. The zero-order valence-electron chi connectivity index (χ0n) is 13.9. The second-order valence-electron chi connectivity index (χ2n) is 6.30. The van der Waals surface area contributed by atoms with Crippen LogP contribution < -0.4 is 5.32 Å². The molecule has 1 fully saturated rings. The molecule has 2 amide bonds. The van der Waals surface area contributed by atoms with Gasteiger partial charge in [0.05, 0.1) is 23.7 Å². The van der Waals surface area contributed by atoms with Crippen molar-refractivity contribution in [2.75, 3.05) is 20.1 Å². The monoisotopic (exact) mass is 329 g/mol. The normalized spacial score (nSPS) is 20.3. The Hall–Kier alpha value is -2.39. The second-order valence-corrected chi connectivity index (χ2v) is 6.30. The highest BCUT2D eigenvalue weighted by Gasteiger charge is 2.36. The van der Waals surface area contributed by atoms with Crippen molar-refractivity contribution in [1.29, 1.82) is 5.26 Å². The van der Waals surface area contributed by atoms with Gasteiger partial charge in [0.15, 0.2) is 0 Å². The second kappa shape index (κ2) is 7.93. The number of hydrogen-bond donors (Lipinski definition) is 2. The van der Waals surface area contributed by atoms with Crippen molar-refractivity contribution in [2.45, 2.75) is 37.7 Å². The van der Waals surface area contributed by atoms with Gasteiger partial charge in [-0.2, -0.15) is 5.26 Å². The fourth-order valence-corrected chi connectivity index (χ4v) is 3.01. The Balaban J connectivity index is 1.89. The maximum atomic E-state index is 12.4. The van der Waals surface area contributed by atoms with Crippen molar-refractivity contribution in [3.63, 3.8) is 0 Å². The van der Waals surface area contributed by atoms with Gasteiger partial charge in [0.2, 0.25) is 11.8 Å². The maximum Gasteiger partial charge on any atom is 0.222 e. The summed E-state index contributed by atoms with van der Waals surface area (Å²) in [5.41, 5.74) is 0.461. The number of carbonyl (C=O) groups is 2. The Kier molecular flexibility index (Phi) is 5.93. The summed E-state index contributed by atoms with van der Waals surface area (Å²) >= 11 is 0. The lowest BCUT2D eigenvalue weighted by Crippen LogP contribution is -2.52. The molecule has 2 rings (SSSR count). The van der Waals surface area contributed by atoms with E-state index >= 15 is 0 Å². The number of benzene rings is 1. The number of nitrogens with one attached hydrogen (secondary N) is 1. The molecule has 0 radical (unpaired) electrons. The predicted molar refractivity (Wildman–Crippen MR) is 88.9 cm³/mol. The van der Waals surface area contributed by atoms with Crippen LogP contribution in [-0.2, 0) is 16.0 Å². The van der Waals surface area contributed by atoms with Gasteiger partial charge in [-0.15, -0.1) is 0 Å². The molecule has 0 saturated carbocycles. The molecular weight excluding hydrogens is 306 g/mol. The molecule has 0 spiro atoms. The van der Waals surface area contributed by atoms with E-state index in [4.69, 9.17) is 5.26 Å². The summed E-state index contributed by atoms with van der Waals surface area (Å²) in [6, 6.07) is 9.24. The number of likely N-dealkylation sites (tertiary alicyclic amines) is 1. The van der Waals surface area contributed by atoms with Gasteiger partial charge in [-0.1, -0.05) is 12.1 Å². The first kappa shape index (κ1) is 18.0. The third-order valence-corrected chi connectivity index (χ3v) is 4.39. The highest BCUT2D eigenvalue weighted by molar-refractivity contribution is 5.78. The van der Waals surface area contributed by atoms with Gasteiger partial charge < -0.3 is 15.3 Å². The molecule has 24 heavy (non-hydrogen) atoms. The number of amides is 2. The quantitative estimate of drug-likeness (QED) is 0.842. The molecule has 1 aliphatic heterocycles. The van der Waals surface area contributed by atoms with Crippen LogP contribution in [-0.4, -0.2) is 47.6 Å². The summed E-state index contributed by atoms with van der Waals surface area (Å²) in [6.45, 7) is 0.814. The van der Waals surface area contributed by atoms with E-state index in [-0.39, 0.29) is 24.8 Å². The first-order valence-corrected chi connectivity index (χ1v) is 8.15. The first-order chi connectivity index (χ1) is 11.5. The Morgan fingerprint density at radius 3 is 2.71 bits per heavy atom. The lowest BCUT2D eigenvalue weighted by molar-refractivity contribution is -0.142. The molecule has 2 N–H and O–H groups in total. The Morgan fingerprint density at radius 1 is 1.38 bits per heavy atom. The zero-order chi connectivity index (χ0) is 17.6. The van der Waals surface area contributed by atoms with Gasteiger partial charge in [0, 0.05) is 26.6 Å². The number of carbonyl (C=O) groups excluding carboxylic acids is 2. The molecule has 1 aromatic carbocycles. The Labute approximate surface area is 142 Å². The lowest BCUT2D eigenvalue weighted by atomic mass is 9.89. The molecule has 0 bridgehead atoms. The molecule has 1 heterocycles. The highest BCUT2D eigenvalue weighted by atomic mass is 16.3. The van der Waals surface area contributed by atoms with Crippen molar-refractivity contribution < 1.29 is 14.7 Å². The number of aliphatic hydroxyl groups is 1. The number of nitriles is 1. The lowest BCUT2D eigenvalue weighted by Gasteiger charge is -2.39. The number of rotatable bonds is 5. The molecule has 1 unspecified atom stereocenters. The molecule has 0 aliphatic carbocycles.